The van der Waals surface area contributed by atoms with Crippen LogP contribution in [0, 0.1) is 18.3 Å². The summed E-state index contributed by atoms with van der Waals surface area (Å²) in [7, 11) is 0. The van der Waals surface area contributed by atoms with E-state index in [-0.39, 0.29) is 0 Å². The summed E-state index contributed by atoms with van der Waals surface area (Å²) in [6.07, 6.45) is 0. The first-order chi connectivity index (χ1) is 8.19. The molecule has 0 fully saturated rings. The van der Waals surface area contributed by atoms with Crippen LogP contribution >= 0.6 is 11.6 Å². The Balaban J connectivity index is 2.05. The van der Waals surface area contributed by atoms with Crippen molar-refractivity contribution in [1.82, 2.24) is 0 Å². The fourth-order valence-electron chi connectivity index (χ4n) is 1.39. The van der Waals surface area contributed by atoms with Gasteiger partial charge < -0.3 is 9.15 Å². The maximum Gasteiger partial charge on any atom is 0.146 e. The fraction of sp³-hybridized carbons (Fsp3) is 0.154. The summed E-state index contributed by atoms with van der Waals surface area (Å²) < 4.78 is 10.9. The number of furan rings is 1. The molecule has 0 aliphatic rings. The maximum atomic E-state index is 8.73. The van der Waals surface area contributed by atoms with E-state index in [1.54, 1.807) is 18.2 Å². The third-order valence-corrected chi connectivity index (χ3v) is 2.55. The van der Waals surface area contributed by atoms with E-state index >= 15 is 0 Å². The molecular weight excluding hydrogens is 238 g/mol. The van der Waals surface area contributed by atoms with Crippen molar-refractivity contribution >= 4 is 11.6 Å². The molecule has 4 heteroatoms. The molecule has 1 heterocycles. The van der Waals surface area contributed by atoms with Crippen LogP contribution in [-0.2, 0) is 6.61 Å². The van der Waals surface area contributed by atoms with Gasteiger partial charge in [-0.25, -0.2) is 0 Å². The van der Waals surface area contributed by atoms with Gasteiger partial charge in [-0.2, -0.15) is 5.26 Å². The normalized spacial score (nSPS) is 9.94. The number of ether oxygens (including phenoxy) is 1. The zero-order chi connectivity index (χ0) is 12.3. The quantitative estimate of drug-likeness (QED) is 0.831. The number of nitriles is 1. The van der Waals surface area contributed by atoms with Gasteiger partial charge in [0.25, 0.3) is 0 Å². The molecule has 1 aromatic carbocycles. The van der Waals surface area contributed by atoms with Crippen LogP contribution in [-0.4, -0.2) is 0 Å². The van der Waals surface area contributed by atoms with Crippen molar-refractivity contribution in [3.8, 4) is 11.8 Å². The highest BCUT2D eigenvalue weighted by atomic mass is 35.5. The SMILES string of the molecule is Cc1ccc(COc2ccc(C#N)c(Cl)c2)o1. The first-order valence-corrected chi connectivity index (χ1v) is 5.44. The first kappa shape index (κ1) is 11.6. The summed E-state index contributed by atoms with van der Waals surface area (Å²) in [5.41, 5.74) is 0.438. The Kier molecular flexibility index (Phi) is 3.36. The second kappa shape index (κ2) is 4.94. The average molecular weight is 248 g/mol. The summed E-state index contributed by atoms with van der Waals surface area (Å²) in [6.45, 7) is 2.22. The number of halogens is 1. The molecular formula is C13H10ClNO2. The fourth-order valence-corrected chi connectivity index (χ4v) is 1.61. The van der Waals surface area contributed by atoms with E-state index in [2.05, 4.69) is 0 Å². The lowest BCUT2D eigenvalue weighted by Crippen LogP contribution is -1.93. The van der Waals surface area contributed by atoms with E-state index in [0.29, 0.717) is 22.9 Å². The number of nitrogens with zero attached hydrogens (tertiary/aromatic N) is 1. The molecule has 0 saturated carbocycles. The Morgan fingerprint density at radius 1 is 1.35 bits per heavy atom. The molecule has 0 spiro atoms. The molecule has 1 aromatic heterocycles. The van der Waals surface area contributed by atoms with Crippen molar-refractivity contribution in [3.63, 3.8) is 0 Å². The summed E-state index contributed by atoms with van der Waals surface area (Å²) in [6, 6.07) is 10.7. The number of hydrogen-bond donors (Lipinski definition) is 0. The largest absolute Gasteiger partial charge is 0.486 e. The van der Waals surface area contributed by atoms with Crippen LogP contribution in [0.4, 0.5) is 0 Å². The van der Waals surface area contributed by atoms with Gasteiger partial charge in [0.15, 0.2) is 0 Å². The van der Waals surface area contributed by atoms with E-state index in [9.17, 15) is 0 Å². The predicted octanol–water partition coefficient (Wildman–Crippen LogP) is 3.69. The van der Waals surface area contributed by atoms with Crippen LogP contribution in [0.2, 0.25) is 5.02 Å². The standard InChI is InChI=1S/C13H10ClNO2/c1-9-2-4-12(17-9)8-16-11-5-3-10(7-15)13(14)6-11/h2-6H,8H2,1H3. The molecule has 3 nitrogen and oxygen atoms in total. The highest BCUT2D eigenvalue weighted by Gasteiger charge is 2.03. The number of benzene rings is 1. The molecule has 0 N–H and O–H groups in total. The number of aryl methyl sites for hydroxylation is 1. The number of rotatable bonds is 3. The minimum absolute atomic E-state index is 0.343. The summed E-state index contributed by atoms with van der Waals surface area (Å²) in [4.78, 5) is 0. The second-order valence-corrected chi connectivity index (χ2v) is 3.96. The maximum absolute atomic E-state index is 8.73. The van der Waals surface area contributed by atoms with Crippen molar-refractivity contribution in [1.29, 1.82) is 5.26 Å². The third kappa shape index (κ3) is 2.80. The Morgan fingerprint density at radius 2 is 2.18 bits per heavy atom. The smallest absolute Gasteiger partial charge is 0.146 e. The molecule has 0 radical (unpaired) electrons. The van der Waals surface area contributed by atoms with Crippen LogP contribution in [0.25, 0.3) is 0 Å². The van der Waals surface area contributed by atoms with Crippen LogP contribution < -0.4 is 4.74 Å². The van der Waals surface area contributed by atoms with E-state index in [4.69, 9.17) is 26.0 Å². The van der Waals surface area contributed by atoms with Gasteiger partial charge in [-0.3, -0.25) is 0 Å². The van der Waals surface area contributed by atoms with Crippen molar-refractivity contribution < 1.29 is 9.15 Å². The van der Waals surface area contributed by atoms with Crippen LogP contribution in [0.15, 0.2) is 34.7 Å². The van der Waals surface area contributed by atoms with Crippen molar-refractivity contribution in [2.24, 2.45) is 0 Å². The lowest BCUT2D eigenvalue weighted by molar-refractivity contribution is 0.267. The third-order valence-electron chi connectivity index (χ3n) is 2.24. The summed E-state index contributed by atoms with van der Waals surface area (Å²) in [5, 5.41) is 9.12. The second-order valence-electron chi connectivity index (χ2n) is 3.55. The Labute approximate surface area is 104 Å². The molecule has 0 bridgehead atoms. The van der Waals surface area contributed by atoms with Crippen molar-refractivity contribution in [3.05, 3.63) is 52.4 Å². The Bertz CT molecular complexity index is 569. The molecule has 0 unspecified atom stereocenters. The molecule has 0 aliphatic heterocycles. The average Bonchev–Trinajstić information content (AvgIpc) is 2.73. The molecule has 0 atom stereocenters. The minimum atomic E-state index is 0.343. The van der Waals surface area contributed by atoms with Gasteiger partial charge in [0.1, 0.15) is 29.9 Å². The molecule has 17 heavy (non-hydrogen) atoms. The van der Waals surface area contributed by atoms with E-state index < -0.39 is 0 Å². The summed E-state index contributed by atoms with van der Waals surface area (Å²) >= 11 is 5.89. The molecule has 86 valence electrons. The molecule has 2 rings (SSSR count). The topological polar surface area (TPSA) is 46.2 Å². The highest BCUT2D eigenvalue weighted by molar-refractivity contribution is 6.31. The van der Waals surface area contributed by atoms with Gasteiger partial charge in [-0.05, 0) is 31.2 Å². The Hall–Kier alpha value is -1.92. The van der Waals surface area contributed by atoms with Crippen LogP contribution in [0.1, 0.15) is 17.1 Å². The zero-order valence-electron chi connectivity index (χ0n) is 9.24. The highest BCUT2D eigenvalue weighted by Crippen LogP contribution is 2.22. The van der Waals surface area contributed by atoms with Gasteiger partial charge in [-0.15, -0.1) is 0 Å². The van der Waals surface area contributed by atoms with Gasteiger partial charge in [0.05, 0.1) is 10.6 Å². The monoisotopic (exact) mass is 247 g/mol. The lowest BCUT2D eigenvalue weighted by Gasteiger charge is -2.05. The van der Waals surface area contributed by atoms with E-state index in [0.717, 1.165) is 11.5 Å². The van der Waals surface area contributed by atoms with E-state index in [1.165, 1.54) is 0 Å². The molecule has 0 saturated heterocycles. The molecule has 0 amide bonds. The lowest BCUT2D eigenvalue weighted by atomic mass is 10.2. The predicted molar refractivity (Wildman–Crippen MR) is 63.9 cm³/mol. The molecule has 2 aromatic rings. The Morgan fingerprint density at radius 3 is 2.76 bits per heavy atom. The van der Waals surface area contributed by atoms with Crippen molar-refractivity contribution in [2.45, 2.75) is 13.5 Å². The van der Waals surface area contributed by atoms with Crippen LogP contribution in [0.3, 0.4) is 0 Å². The molecule has 0 aliphatic carbocycles. The summed E-state index contributed by atoms with van der Waals surface area (Å²) in [5.74, 6) is 2.22. The van der Waals surface area contributed by atoms with Crippen LogP contribution in [0.5, 0.6) is 5.75 Å². The van der Waals surface area contributed by atoms with E-state index in [1.807, 2.05) is 25.1 Å². The van der Waals surface area contributed by atoms with Gasteiger partial charge in [0.2, 0.25) is 0 Å². The minimum Gasteiger partial charge on any atom is -0.486 e. The van der Waals surface area contributed by atoms with Crippen molar-refractivity contribution in [2.75, 3.05) is 0 Å². The van der Waals surface area contributed by atoms with Gasteiger partial charge in [0, 0.05) is 6.07 Å². The van der Waals surface area contributed by atoms with Gasteiger partial charge >= 0.3 is 0 Å². The zero-order valence-corrected chi connectivity index (χ0v) is 9.99. The van der Waals surface area contributed by atoms with Gasteiger partial charge in [-0.1, -0.05) is 11.6 Å². The first-order valence-electron chi connectivity index (χ1n) is 5.07. The number of hydrogen-bond acceptors (Lipinski definition) is 3.